The van der Waals surface area contributed by atoms with Crippen LogP contribution in [0.5, 0.6) is 0 Å². The molecular formula is C5H14KPS2. The van der Waals surface area contributed by atoms with E-state index in [1.165, 1.54) is 6.16 Å². The second-order valence-corrected chi connectivity index (χ2v) is 8.96. The monoisotopic (exact) mass is 208 g/mol. The van der Waals surface area contributed by atoms with Crippen LogP contribution in [0.2, 0.25) is 0 Å². The molecule has 0 aliphatic carbocycles. The van der Waals surface area contributed by atoms with Crippen LogP contribution in [0.3, 0.4) is 0 Å². The van der Waals surface area contributed by atoms with Gasteiger partial charge in [-0.05, 0) is 12.1 Å². The Morgan fingerprint density at radius 2 is 2.00 bits per heavy atom. The first-order valence-corrected chi connectivity index (χ1v) is 7.30. The van der Waals surface area contributed by atoms with E-state index in [1.807, 2.05) is 11.4 Å². The second kappa shape index (κ2) is 8.73. The number of hydrogen-bond donors (Lipinski definition) is 0. The van der Waals surface area contributed by atoms with Crippen LogP contribution >= 0.6 is 17.3 Å². The van der Waals surface area contributed by atoms with Crippen molar-refractivity contribution < 1.29 is 0 Å². The van der Waals surface area contributed by atoms with Crippen LogP contribution < -0.4 is 0 Å². The summed E-state index contributed by atoms with van der Waals surface area (Å²) < 4.78 is 0. The number of hydrogen-bond acceptors (Lipinski definition) is 2. The van der Waals surface area contributed by atoms with Gasteiger partial charge >= 0.3 is 51.4 Å². The molecule has 0 aliphatic heterocycles. The third-order valence-electron chi connectivity index (χ3n) is 0.656. The summed E-state index contributed by atoms with van der Waals surface area (Å²) >= 11 is 7.15. The van der Waals surface area contributed by atoms with E-state index in [-0.39, 0.29) is 51.4 Å². The van der Waals surface area contributed by atoms with E-state index in [4.69, 9.17) is 11.8 Å². The number of rotatable bonds is 3. The van der Waals surface area contributed by atoms with E-state index in [0.29, 0.717) is 0 Å². The quantitative estimate of drug-likeness (QED) is 0.514. The van der Waals surface area contributed by atoms with Crippen LogP contribution in [0.15, 0.2) is 0 Å². The molecule has 0 rings (SSSR count). The van der Waals surface area contributed by atoms with Gasteiger partial charge in [-0.3, -0.25) is 0 Å². The Labute approximate surface area is 111 Å². The summed E-state index contributed by atoms with van der Waals surface area (Å²) in [6, 6.07) is 0. The topological polar surface area (TPSA) is 0 Å². The standard InChI is InChI=1S/C5H13PS2.K.H/c1-4-6(7)8-5(2)3;;/h5-6H,4H2,1-3H3;;. The molecule has 0 saturated carbocycles. The van der Waals surface area contributed by atoms with E-state index in [9.17, 15) is 0 Å². The minimum absolute atomic E-state index is 0. The van der Waals surface area contributed by atoms with Crippen molar-refractivity contribution >= 4 is 80.5 Å². The van der Waals surface area contributed by atoms with Crippen LogP contribution in [-0.2, 0) is 11.8 Å². The molecule has 0 fully saturated rings. The molecule has 0 aliphatic rings. The Hall–Kier alpha value is 2.64. The van der Waals surface area contributed by atoms with Crippen LogP contribution in [0, 0.1) is 0 Å². The molecule has 0 radical (unpaired) electrons. The van der Waals surface area contributed by atoms with Gasteiger partial charge in [0.2, 0.25) is 0 Å². The molecular weight excluding hydrogens is 194 g/mol. The maximum atomic E-state index is 5.18. The van der Waals surface area contributed by atoms with Crippen LogP contribution in [0.4, 0.5) is 0 Å². The Bertz CT molecular complexity index is 85.0. The molecule has 0 heterocycles. The van der Waals surface area contributed by atoms with Crippen molar-refractivity contribution in [2.24, 2.45) is 0 Å². The summed E-state index contributed by atoms with van der Waals surface area (Å²) in [5, 5.41) is 0.737. The summed E-state index contributed by atoms with van der Waals surface area (Å²) in [7, 11) is 0. The molecule has 0 aromatic carbocycles. The van der Waals surface area contributed by atoms with Crippen LogP contribution in [0.1, 0.15) is 20.8 Å². The molecule has 0 saturated heterocycles. The fraction of sp³-hybridized carbons (Fsp3) is 1.00. The molecule has 0 N–H and O–H groups in total. The molecule has 4 heteroatoms. The summed E-state index contributed by atoms with van der Waals surface area (Å²) in [4.78, 5) is 0. The minimum atomic E-state index is -0.428. The Kier molecular flexibility index (Phi) is 13.8. The first-order chi connectivity index (χ1) is 3.66. The van der Waals surface area contributed by atoms with Gasteiger partial charge in [-0.25, -0.2) is 0 Å². The summed E-state index contributed by atoms with van der Waals surface area (Å²) in [5.74, 6) is -0.428. The van der Waals surface area contributed by atoms with Gasteiger partial charge in [0.05, 0.1) is 0 Å². The molecule has 0 aromatic heterocycles. The third kappa shape index (κ3) is 10.6. The van der Waals surface area contributed by atoms with Crippen molar-refractivity contribution in [3.8, 4) is 0 Å². The molecule has 1 unspecified atom stereocenters. The normalized spacial score (nSPS) is 12.9. The van der Waals surface area contributed by atoms with Gasteiger partial charge < -0.3 is 0 Å². The molecule has 1 atom stereocenters. The zero-order chi connectivity index (χ0) is 6.57. The Morgan fingerprint density at radius 3 is 2.11 bits per heavy atom. The predicted molar refractivity (Wildman–Crippen MR) is 56.1 cm³/mol. The van der Waals surface area contributed by atoms with Gasteiger partial charge in [0.25, 0.3) is 0 Å². The van der Waals surface area contributed by atoms with Crippen molar-refractivity contribution in [2.45, 2.75) is 26.0 Å². The van der Waals surface area contributed by atoms with Gasteiger partial charge in [-0.15, -0.1) is 11.4 Å². The van der Waals surface area contributed by atoms with Crippen molar-refractivity contribution in [1.82, 2.24) is 0 Å². The molecule has 0 aromatic rings. The van der Waals surface area contributed by atoms with Crippen molar-refractivity contribution in [3.63, 3.8) is 0 Å². The molecule has 9 heavy (non-hydrogen) atoms. The second-order valence-electron chi connectivity index (χ2n) is 1.89. The average Bonchev–Trinajstić information content (AvgIpc) is 1.65. The zero-order valence-corrected chi connectivity index (χ0v) is 8.23. The molecule has 0 amide bonds. The fourth-order valence-electron chi connectivity index (χ4n) is 0.346. The van der Waals surface area contributed by atoms with Gasteiger partial charge in [0.1, 0.15) is 0 Å². The Balaban J connectivity index is 0. The van der Waals surface area contributed by atoms with E-state index in [1.54, 1.807) is 0 Å². The Morgan fingerprint density at radius 1 is 1.56 bits per heavy atom. The van der Waals surface area contributed by atoms with E-state index >= 15 is 0 Å². The first kappa shape index (κ1) is 14.2. The van der Waals surface area contributed by atoms with E-state index < -0.39 is 5.90 Å². The van der Waals surface area contributed by atoms with Gasteiger partial charge in [-0.2, -0.15) is 0 Å². The summed E-state index contributed by atoms with van der Waals surface area (Å²) in [5.41, 5.74) is 0. The molecule has 0 bridgehead atoms. The first-order valence-electron chi connectivity index (χ1n) is 2.86. The SMILES string of the molecule is CC[PH](=S)SC(C)C.[KH]. The zero-order valence-electron chi connectivity index (χ0n) is 5.60. The fourth-order valence-corrected chi connectivity index (χ4v) is 4.85. The molecule has 52 valence electrons. The van der Waals surface area contributed by atoms with Crippen LogP contribution in [0.25, 0.3) is 0 Å². The molecule has 0 nitrogen and oxygen atoms in total. The van der Waals surface area contributed by atoms with Gasteiger partial charge in [0, 0.05) is 5.25 Å². The van der Waals surface area contributed by atoms with E-state index in [2.05, 4.69) is 20.8 Å². The van der Waals surface area contributed by atoms with Crippen molar-refractivity contribution in [2.75, 3.05) is 6.16 Å². The van der Waals surface area contributed by atoms with Crippen molar-refractivity contribution in [3.05, 3.63) is 0 Å². The average molecular weight is 208 g/mol. The van der Waals surface area contributed by atoms with Gasteiger partial charge in [0.15, 0.2) is 0 Å². The predicted octanol–water partition coefficient (Wildman–Crippen LogP) is 2.09. The third-order valence-corrected chi connectivity index (χ3v) is 6.77. The van der Waals surface area contributed by atoms with Crippen LogP contribution in [-0.4, -0.2) is 62.8 Å². The maximum absolute atomic E-state index is 5.18. The summed E-state index contributed by atoms with van der Waals surface area (Å²) in [6.45, 7) is 6.59. The summed E-state index contributed by atoms with van der Waals surface area (Å²) in [6.07, 6.45) is 1.21. The van der Waals surface area contributed by atoms with E-state index in [0.717, 1.165) is 5.25 Å². The van der Waals surface area contributed by atoms with Gasteiger partial charge in [-0.1, -0.05) is 32.6 Å². The van der Waals surface area contributed by atoms with Crippen molar-refractivity contribution in [1.29, 1.82) is 0 Å². The molecule has 0 spiro atoms.